The number of anilines is 1. The lowest BCUT2D eigenvalue weighted by molar-refractivity contribution is -0.140. The van der Waals surface area contributed by atoms with E-state index >= 15 is 0 Å². The van der Waals surface area contributed by atoms with Crippen molar-refractivity contribution in [3.05, 3.63) is 82.9 Å². The first-order valence-electron chi connectivity index (χ1n) is 13.6. The quantitative estimate of drug-likeness (QED) is 0.284. The summed E-state index contributed by atoms with van der Waals surface area (Å²) in [5, 5.41) is 3.30. The molecule has 2 amide bonds. The van der Waals surface area contributed by atoms with Crippen LogP contribution in [0.5, 0.6) is 11.5 Å². The topological polar surface area (TPSA) is 105 Å². The second-order valence-electron chi connectivity index (χ2n) is 10.1. The molecule has 42 heavy (non-hydrogen) atoms. The Bertz CT molecular complexity index is 1490. The number of methoxy groups -OCH3 is 2. The fourth-order valence-corrected chi connectivity index (χ4v) is 6.10. The third-order valence-corrected chi connectivity index (χ3v) is 8.61. The Labute approximate surface area is 253 Å². The molecule has 3 aromatic carbocycles. The number of benzene rings is 3. The minimum atomic E-state index is -4.30. The fourth-order valence-electron chi connectivity index (χ4n) is 4.55. The van der Waals surface area contributed by atoms with Gasteiger partial charge in [0.25, 0.3) is 10.0 Å². The van der Waals surface area contributed by atoms with Gasteiger partial charge in [0.05, 0.1) is 24.8 Å². The minimum Gasteiger partial charge on any atom is -0.493 e. The number of hydrogen-bond donors (Lipinski definition) is 1. The SMILES string of the molecule is CCC(C(=O)NC(C)C)N(Cc1cccc(C)c1)C(=O)CN(c1ccc(Cl)cc1)S(=O)(=O)c1ccc(OC)c(OC)c1. The maximum absolute atomic E-state index is 14.1. The molecule has 226 valence electrons. The molecule has 0 bridgehead atoms. The van der Waals surface area contributed by atoms with Gasteiger partial charge in [-0.05, 0) is 69.2 Å². The molecular weight excluding hydrogens is 578 g/mol. The van der Waals surface area contributed by atoms with E-state index in [4.69, 9.17) is 21.1 Å². The first-order valence-corrected chi connectivity index (χ1v) is 15.4. The van der Waals surface area contributed by atoms with Gasteiger partial charge >= 0.3 is 0 Å². The molecule has 0 saturated carbocycles. The third kappa shape index (κ3) is 7.95. The predicted octanol–water partition coefficient (Wildman–Crippen LogP) is 5.19. The van der Waals surface area contributed by atoms with E-state index in [0.717, 1.165) is 15.4 Å². The van der Waals surface area contributed by atoms with Crippen LogP contribution < -0.4 is 19.1 Å². The summed E-state index contributed by atoms with van der Waals surface area (Å²) in [4.78, 5) is 28.7. The highest BCUT2D eigenvalue weighted by molar-refractivity contribution is 7.92. The number of ether oxygens (including phenoxy) is 2. The largest absolute Gasteiger partial charge is 0.493 e. The van der Waals surface area contributed by atoms with Gasteiger partial charge < -0.3 is 19.7 Å². The number of rotatable bonds is 13. The number of amides is 2. The van der Waals surface area contributed by atoms with Gasteiger partial charge in [0.1, 0.15) is 12.6 Å². The Balaban J connectivity index is 2.10. The van der Waals surface area contributed by atoms with Gasteiger partial charge in [-0.2, -0.15) is 0 Å². The van der Waals surface area contributed by atoms with Crippen molar-refractivity contribution in [2.24, 2.45) is 0 Å². The summed E-state index contributed by atoms with van der Waals surface area (Å²) in [5.41, 5.74) is 2.05. The van der Waals surface area contributed by atoms with E-state index in [2.05, 4.69) is 5.32 Å². The normalized spacial score (nSPS) is 12.0. The molecule has 1 atom stereocenters. The van der Waals surface area contributed by atoms with Crippen molar-refractivity contribution in [3.8, 4) is 11.5 Å². The number of carbonyl (C=O) groups is 2. The van der Waals surface area contributed by atoms with Crippen LogP contribution in [0.25, 0.3) is 0 Å². The lowest BCUT2D eigenvalue weighted by atomic mass is 10.1. The monoisotopic (exact) mass is 615 g/mol. The first-order chi connectivity index (χ1) is 19.9. The highest BCUT2D eigenvalue weighted by Gasteiger charge is 2.34. The van der Waals surface area contributed by atoms with Crippen LogP contribution in [-0.2, 0) is 26.2 Å². The molecule has 0 heterocycles. The van der Waals surface area contributed by atoms with E-state index in [-0.39, 0.29) is 34.8 Å². The second kappa shape index (κ2) is 14.4. The van der Waals surface area contributed by atoms with Crippen LogP contribution in [0.1, 0.15) is 38.3 Å². The number of hydrogen-bond acceptors (Lipinski definition) is 6. The molecule has 0 fully saturated rings. The van der Waals surface area contributed by atoms with Gasteiger partial charge in [-0.1, -0.05) is 48.4 Å². The van der Waals surface area contributed by atoms with Gasteiger partial charge in [-0.25, -0.2) is 8.42 Å². The Morgan fingerprint density at radius 3 is 2.19 bits per heavy atom. The molecule has 0 aliphatic heterocycles. The molecule has 0 aliphatic carbocycles. The van der Waals surface area contributed by atoms with Crippen LogP contribution in [0.15, 0.2) is 71.6 Å². The number of aryl methyl sites for hydroxylation is 1. The molecule has 11 heteroatoms. The molecule has 1 N–H and O–H groups in total. The number of nitrogens with zero attached hydrogens (tertiary/aromatic N) is 2. The minimum absolute atomic E-state index is 0.0993. The van der Waals surface area contributed by atoms with Gasteiger partial charge in [0.2, 0.25) is 11.8 Å². The third-order valence-electron chi connectivity index (χ3n) is 6.59. The maximum Gasteiger partial charge on any atom is 0.264 e. The van der Waals surface area contributed by atoms with Crippen molar-refractivity contribution in [2.75, 3.05) is 25.1 Å². The van der Waals surface area contributed by atoms with Crippen molar-refractivity contribution in [1.29, 1.82) is 0 Å². The Hall–Kier alpha value is -3.76. The van der Waals surface area contributed by atoms with Gasteiger partial charge in [0.15, 0.2) is 11.5 Å². The summed E-state index contributed by atoms with van der Waals surface area (Å²) in [6.45, 7) is 7.00. The van der Waals surface area contributed by atoms with Crippen LogP contribution in [-0.4, -0.2) is 58.0 Å². The highest BCUT2D eigenvalue weighted by atomic mass is 35.5. The van der Waals surface area contributed by atoms with Crippen molar-refractivity contribution >= 4 is 39.1 Å². The molecule has 0 radical (unpaired) electrons. The summed E-state index contributed by atoms with van der Waals surface area (Å²) >= 11 is 6.10. The summed E-state index contributed by atoms with van der Waals surface area (Å²) in [6, 6.07) is 17.0. The summed E-state index contributed by atoms with van der Waals surface area (Å²) in [6.07, 6.45) is 0.333. The maximum atomic E-state index is 14.1. The van der Waals surface area contributed by atoms with Crippen LogP contribution >= 0.6 is 11.6 Å². The van der Waals surface area contributed by atoms with Crippen LogP contribution in [0.2, 0.25) is 5.02 Å². The van der Waals surface area contributed by atoms with Gasteiger partial charge in [-0.15, -0.1) is 0 Å². The summed E-state index contributed by atoms with van der Waals surface area (Å²) < 4.78 is 39.8. The van der Waals surface area contributed by atoms with Crippen molar-refractivity contribution in [2.45, 2.75) is 57.6 Å². The molecular formula is C31H38ClN3O6S. The highest BCUT2D eigenvalue weighted by Crippen LogP contribution is 2.32. The molecule has 0 aliphatic rings. The van der Waals surface area contributed by atoms with Crippen LogP contribution in [0.4, 0.5) is 5.69 Å². The Morgan fingerprint density at radius 2 is 1.62 bits per heavy atom. The van der Waals surface area contributed by atoms with Crippen LogP contribution in [0.3, 0.4) is 0 Å². The molecule has 0 saturated heterocycles. The second-order valence-corrected chi connectivity index (χ2v) is 12.4. The zero-order chi connectivity index (χ0) is 31.0. The Kier molecular flexibility index (Phi) is 11.2. The smallest absolute Gasteiger partial charge is 0.264 e. The van der Waals surface area contributed by atoms with E-state index in [0.29, 0.717) is 17.2 Å². The van der Waals surface area contributed by atoms with E-state index < -0.39 is 28.5 Å². The van der Waals surface area contributed by atoms with Gasteiger partial charge in [0, 0.05) is 23.7 Å². The van der Waals surface area contributed by atoms with Crippen molar-refractivity contribution < 1.29 is 27.5 Å². The average Bonchev–Trinajstić information content (AvgIpc) is 2.95. The standard InChI is InChI=1S/C31H38ClN3O6S/c1-7-27(31(37)33-21(2)3)34(19-23-10-8-9-22(4)17-23)30(36)20-35(25-13-11-24(32)12-14-25)42(38,39)26-15-16-28(40-5)29(18-26)41-6/h8-18,21,27H,7,19-20H2,1-6H3,(H,33,37). The summed E-state index contributed by atoms with van der Waals surface area (Å²) in [5.74, 6) is -0.272. The van der Waals surface area contributed by atoms with E-state index in [1.165, 1.54) is 49.5 Å². The average molecular weight is 616 g/mol. The summed E-state index contributed by atoms with van der Waals surface area (Å²) in [7, 11) is -1.44. The number of halogens is 1. The Morgan fingerprint density at radius 1 is 0.952 bits per heavy atom. The van der Waals surface area contributed by atoms with E-state index in [1.54, 1.807) is 12.1 Å². The predicted molar refractivity (Wildman–Crippen MR) is 165 cm³/mol. The molecule has 3 rings (SSSR count). The zero-order valence-electron chi connectivity index (χ0n) is 24.8. The zero-order valence-corrected chi connectivity index (χ0v) is 26.3. The van der Waals surface area contributed by atoms with Crippen molar-refractivity contribution in [3.63, 3.8) is 0 Å². The van der Waals surface area contributed by atoms with Crippen LogP contribution in [0, 0.1) is 6.92 Å². The number of carbonyl (C=O) groups excluding carboxylic acids is 2. The lowest BCUT2D eigenvalue weighted by Crippen LogP contribution is -2.53. The number of nitrogens with one attached hydrogen (secondary N) is 1. The van der Waals surface area contributed by atoms with Crippen molar-refractivity contribution in [1.82, 2.24) is 10.2 Å². The molecule has 1 unspecified atom stereocenters. The molecule has 0 spiro atoms. The molecule has 3 aromatic rings. The first kappa shape index (κ1) is 32.8. The number of sulfonamides is 1. The molecule has 0 aromatic heterocycles. The van der Waals surface area contributed by atoms with E-state index in [9.17, 15) is 18.0 Å². The molecule has 9 nitrogen and oxygen atoms in total. The van der Waals surface area contributed by atoms with Gasteiger partial charge in [-0.3, -0.25) is 13.9 Å². The van der Waals surface area contributed by atoms with E-state index in [1.807, 2.05) is 52.0 Å². The lowest BCUT2D eigenvalue weighted by Gasteiger charge is -2.33. The fraction of sp³-hybridized carbons (Fsp3) is 0.355.